The Morgan fingerprint density at radius 2 is 1.71 bits per heavy atom. The maximum Gasteiger partial charge on any atom is 0.326 e. The molecule has 12 nitrogen and oxygen atoms in total. The van der Waals surface area contributed by atoms with Gasteiger partial charge in [0.2, 0.25) is 0 Å². The molecule has 0 unspecified atom stereocenters. The quantitative estimate of drug-likeness (QED) is 0.198. The average Bonchev–Trinajstić information content (AvgIpc) is 2.85. The highest BCUT2D eigenvalue weighted by molar-refractivity contribution is 7.93. The lowest BCUT2D eigenvalue weighted by Gasteiger charge is -2.14. The number of amides is 1. The Hall–Kier alpha value is -4.78. The number of carbonyl (C=O) groups excluding carboxylic acids is 1. The van der Waals surface area contributed by atoms with E-state index in [0.717, 1.165) is 0 Å². The Labute approximate surface area is 215 Å². The van der Waals surface area contributed by atoms with Crippen LogP contribution in [0.15, 0.2) is 64.3 Å². The lowest BCUT2D eigenvalue weighted by atomic mass is 10.1. The molecule has 4 rings (SSSR count). The van der Waals surface area contributed by atoms with E-state index in [1.807, 2.05) is 0 Å². The Morgan fingerprint density at radius 1 is 1.00 bits per heavy atom. The fourth-order valence-electron chi connectivity index (χ4n) is 3.99. The van der Waals surface area contributed by atoms with Crippen molar-refractivity contribution in [2.24, 2.45) is 0 Å². The number of rotatable bonds is 9. The molecule has 0 saturated heterocycles. The number of aromatic amines is 1. The van der Waals surface area contributed by atoms with E-state index >= 15 is 0 Å². The van der Waals surface area contributed by atoms with Crippen molar-refractivity contribution in [2.75, 3.05) is 4.72 Å². The summed E-state index contributed by atoms with van der Waals surface area (Å²) in [7, 11) is -4.12. The van der Waals surface area contributed by atoms with Crippen molar-refractivity contribution in [3.05, 3.63) is 76.3 Å². The fraction of sp³-hybridized carbons (Fsp3) is 0.160. The summed E-state index contributed by atoms with van der Waals surface area (Å²) in [5.74, 6) is -2.89. The number of sulfonamides is 1. The molecule has 13 heteroatoms. The van der Waals surface area contributed by atoms with E-state index in [1.165, 1.54) is 36.4 Å². The normalized spacial score (nSPS) is 12.2. The van der Waals surface area contributed by atoms with Crippen molar-refractivity contribution in [2.45, 2.75) is 30.7 Å². The number of benzene rings is 3. The van der Waals surface area contributed by atoms with Crippen LogP contribution in [0.5, 0.6) is 0 Å². The van der Waals surface area contributed by atoms with Crippen LogP contribution in [0.2, 0.25) is 0 Å². The third-order valence-corrected chi connectivity index (χ3v) is 7.19. The second kappa shape index (κ2) is 10.3. The monoisotopic (exact) mass is 538 g/mol. The van der Waals surface area contributed by atoms with E-state index in [4.69, 9.17) is 5.11 Å². The minimum atomic E-state index is -4.12. The van der Waals surface area contributed by atoms with Gasteiger partial charge in [0.15, 0.2) is 0 Å². The van der Waals surface area contributed by atoms with Gasteiger partial charge in [-0.15, -0.1) is 0 Å². The van der Waals surface area contributed by atoms with Crippen molar-refractivity contribution in [3.8, 4) is 0 Å². The number of carboxylic acids is 2. The van der Waals surface area contributed by atoms with Gasteiger partial charge in [0.25, 0.3) is 21.5 Å². The maximum absolute atomic E-state index is 13.3. The largest absolute Gasteiger partial charge is 0.481 e. The molecule has 3 aromatic carbocycles. The van der Waals surface area contributed by atoms with Crippen LogP contribution in [0.25, 0.3) is 21.7 Å². The minimum Gasteiger partial charge on any atom is -0.481 e. The fourth-order valence-corrected chi connectivity index (χ4v) is 5.27. The van der Waals surface area contributed by atoms with E-state index in [2.05, 4.69) is 20.0 Å². The topological polar surface area (TPSA) is 196 Å². The molecule has 4 aromatic rings. The highest BCUT2D eigenvalue weighted by Gasteiger charge is 2.22. The lowest BCUT2D eigenvalue weighted by molar-refractivity contribution is -0.140. The first-order valence-corrected chi connectivity index (χ1v) is 12.8. The summed E-state index contributed by atoms with van der Waals surface area (Å²) in [6.45, 7) is 1.65. The molecule has 0 fully saturated rings. The SMILES string of the molecule is Cc1nc2ccc3c(S(=O)(=O)Nc4ccc(C(=O)N[C@@H](CCC(=O)O)C(=O)O)cc4)cccc3c2c(=O)[nH]1. The zero-order valence-electron chi connectivity index (χ0n) is 19.9. The number of H-pyrrole nitrogens is 1. The summed E-state index contributed by atoms with van der Waals surface area (Å²) in [4.78, 5) is 53.9. The van der Waals surface area contributed by atoms with Crippen LogP contribution in [-0.4, -0.2) is 52.5 Å². The van der Waals surface area contributed by atoms with Crippen molar-refractivity contribution < 1.29 is 33.0 Å². The zero-order chi connectivity index (χ0) is 27.6. The summed E-state index contributed by atoms with van der Waals surface area (Å²) < 4.78 is 28.9. The van der Waals surface area contributed by atoms with Gasteiger partial charge in [-0.25, -0.2) is 18.2 Å². The third-order valence-electron chi connectivity index (χ3n) is 5.75. The van der Waals surface area contributed by atoms with Gasteiger partial charge in [-0.05, 0) is 55.1 Å². The number of hydrogen-bond donors (Lipinski definition) is 5. The number of hydrogen-bond acceptors (Lipinski definition) is 7. The predicted octanol–water partition coefficient (Wildman–Crippen LogP) is 2.23. The van der Waals surface area contributed by atoms with Crippen LogP contribution >= 0.6 is 0 Å². The highest BCUT2D eigenvalue weighted by atomic mass is 32.2. The van der Waals surface area contributed by atoms with Crippen LogP contribution in [0, 0.1) is 6.92 Å². The summed E-state index contributed by atoms with van der Waals surface area (Å²) in [5.41, 5.74) is 0.231. The van der Waals surface area contributed by atoms with Crippen LogP contribution in [-0.2, 0) is 19.6 Å². The number of carboxylic acid groups (broad SMARTS) is 2. The highest BCUT2D eigenvalue weighted by Crippen LogP contribution is 2.29. The Kier molecular flexibility index (Phi) is 7.12. The number of aromatic nitrogens is 2. The van der Waals surface area contributed by atoms with Crippen LogP contribution in [0.4, 0.5) is 5.69 Å². The number of aryl methyl sites for hydroxylation is 1. The Bertz CT molecular complexity index is 1750. The van der Waals surface area contributed by atoms with Gasteiger partial charge in [-0.1, -0.05) is 18.2 Å². The first-order valence-electron chi connectivity index (χ1n) is 11.3. The molecule has 0 radical (unpaired) electrons. The molecular weight excluding hydrogens is 516 g/mol. The second-order valence-corrected chi connectivity index (χ2v) is 10.1. The molecule has 1 aromatic heterocycles. The van der Waals surface area contributed by atoms with Crippen LogP contribution in [0.1, 0.15) is 29.0 Å². The maximum atomic E-state index is 13.3. The molecule has 0 bridgehead atoms. The van der Waals surface area contributed by atoms with Gasteiger partial charge in [0.05, 0.1) is 15.8 Å². The summed E-state index contributed by atoms with van der Waals surface area (Å²) in [6.07, 6.45) is -0.734. The molecule has 1 amide bonds. The standard InChI is InChI=1S/C25H22N4O8S/c1-13-26-18-10-9-16-17(22(18)24(33)27-13)3-2-4-20(16)38(36,37)29-15-7-5-14(6-8-15)23(32)28-19(25(34)35)11-12-21(30)31/h2-10,19,29H,11-12H2,1H3,(H,28,32)(H,30,31)(H,34,35)(H,26,27,33)/t19-/m0/s1. The molecule has 38 heavy (non-hydrogen) atoms. The summed E-state index contributed by atoms with van der Waals surface area (Å²) >= 11 is 0. The van der Waals surface area contributed by atoms with Crippen LogP contribution < -0.4 is 15.6 Å². The van der Waals surface area contributed by atoms with Crippen molar-refractivity contribution in [1.29, 1.82) is 0 Å². The van der Waals surface area contributed by atoms with Crippen molar-refractivity contribution >= 4 is 55.2 Å². The third kappa shape index (κ3) is 5.47. The molecule has 196 valence electrons. The number of fused-ring (bicyclic) bond motifs is 3. The van der Waals surface area contributed by atoms with Gasteiger partial charge in [0, 0.05) is 23.1 Å². The van der Waals surface area contributed by atoms with Gasteiger partial charge >= 0.3 is 11.9 Å². The van der Waals surface area contributed by atoms with E-state index in [-0.39, 0.29) is 33.5 Å². The predicted molar refractivity (Wildman–Crippen MR) is 138 cm³/mol. The average molecular weight is 539 g/mol. The Balaban J connectivity index is 1.58. The van der Waals surface area contributed by atoms with Gasteiger partial charge in [-0.2, -0.15) is 0 Å². The molecule has 1 heterocycles. The van der Waals surface area contributed by atoms with E-state index in [0.29, 0.717) is 22.1 Å². The molecule has 0 saturated carbocycles. The Morgan fingerprint density at radius 3 is 2.37 bits per heavy atom. The summed E-state index contributed by atoms with van der Waals surface area (Å²) in [5, 5.41) is 21.2. The number of aliphatic carboxylic acids is 2. The lowest BCUT2D eigenvalue weighted by Crippen LogP contribution is -2.41. The van der Waals surface area contributed by atoms with Gasteiger partial charge in [-0.3, -0.25) is 19.1 Å². The van der Waals surface area contributed by atoms with Gasteiger partial charge < -0.3 is 20.5 Å². The van der Waals surface area contributed by atoms with Crippen molar-refractivity contribution in [3.63, 3.8) is 0 Å². The number of carbonyl (C=O) groups is 3. The second-order valence-electron chi connectivity index (χ2n) is 8.44. The van der Waals surface area contributed by atoms with Crippen LogP contribution in [0.3, 0.4) is 0 Å². The molecular formula is C25H22N4O8S. The first-order chi connectivity index (χ1) is 18.0. The van der Waals surface area contributed by atoms with E-state index in [9.17, 15) is 32.7 Å². The van der Waals surface area contributed by atoms with Crippen molar-refractivity contribution in [1.82, 2.24) is 15.3 Å². The summed E-state index contributed by atoms with van der Waals surface area (Å²) in [6, 6.07) is 11.6. The minimum absolute atomic E-state index is 0.0492. The number of nitrogens with one attached hydrogen (secondary N) is 3. The first kappa shape index (κ1) is 26.3. The molecule has 0 aliphatic carbocycles. The van der Waals surface area contributed by atoms with E-state index in [1.54, 1.807) is 25.1 Å². The molecule has 0 spiro atoms. The zero-order valence-corrected chi connectivity index (χ0v) is 20.7. The molecule has 0 aliphatic rings. The molecule has 0 aliphatic heterocycles. The molecule has 1 atom stereocenters. The number of nitrogens with zero attached hydrogens (tertiary/aromatic N) is 1. The smallest absolute Gasteiger partial charge is 0.326 e. The van der Waals surface area contributed by atoms with E-state index < -0.39 is 40.3 Å². The number of anilines is 1. The van der Waals surface area contributed by atoms with Gasteiger partial charge in [0.1, 0.15) is 11.9 Å². The molecule has 5 N–H and O–H groups in total.